The van der Waals surface area contributed by atoms with Gasteiger partial charge in [-0.2, -0.15) is 0 Å². The lowest BCUT2D eigenvalue weighted by molar-refractivity contribution is -0.149. The van der Waals surface area contributed by atoms with Gasteiger partial charge in [0.25, 0.3) is 0 Å². The van der Waals surface area contributed by atoms with Gasteiger partial charge < -0.3 is 9.84 Å². The Kier molecular flexibility index (Phi) is 5.72. The molecule has 0 amide bonds. The fourth-order valence-electron chi connectivity index (χ4n) is 1.37. The van der Waals surface area contributed by atoms with Crippen LogP contribution >= 0.6 is 0 Å². The summed E-state index contributed by atoms with van der Waals surface area (Å²) in [6.45, 7) is 7.59. The summed E-state index contributed by atoms with van der Waals surface area (Å²) < 4.78 is 4.94. The number of carboxylic acid groups (broad SMARTS) is 1. The molecule has 0 aliphatic carbocycles. The predicted molar refractivity (Wildman–Crippen MR) is 55.5 cm³/mol. The number of hydrogen-bond acceptors (Lipinski definition) is 3. The Labute approximate surface area is 85.9 Å². The average molecular weight is 203 g/mol. The Morgan fingerprint density at radius 3 is 2.43 bits per heavy atom. The monoisotopic (exact) mass is 203 g/mol. The lowest BCUT2D eigenvalue weighted by Crippen LogP contribution is -2.50. The molecule has 0 fully saturated rings. The molecule has 0 radical (unpaired) electrons. The van der Waals surface area contributed by atoms with E-state index in [1.807, 2.05) is 11.8 Å². The van der Waals surface area contributed by atoms with E-state index in [2.05, 4.69) is 0 Å². The molecule has 0 aromatic rings. The Morgan fingerprint density at radius 2 is 2.07 bits per heavy atom. The van der Waals surface area contributed by atoms with Crippen LogP contribution in [-0.4, -0.2) is 48.3 Å². The zero-order valence-corrected chi connectivity index (χ0v) is 9.54. The summed E-state index contributed by atoms with van der Waals surface area (Å²) in [7, 11) is 1.65. The highest BCUT2D eigenvalue weighted by Gasteiger charge is 2.32. The molecule has 0 saturated heterocycles. The van der Waals surface area contributed by atoms with E-state index >= 15 is 0 Å². The molecule has 0 bridgehead atoms. The van der Waals surface area contributed by atoms with Crippen LogP contribution in [0.1, 0.15) is 27.2 Å². The Hall–Kier alpha value is -0.610. The highest BCUT2D eigenvalue weighted by Crippen LogP contribution is 2.14. The number of aliphatic carboxylic acids is 1. The molecule has 0 atom stereocenters. The van der Waals surface area contributed by atoms with Gasteiger partial charge in [-0.25, -0.2) is 0 Å². The maximum atomic E-state index is 11.0. The average Bonchev–Trinajstić information content (AvgIpc) is 2.12. The van der Waals surface area contributed by atoms with Gasteiger partial charge in [-0.1, -0.05) is 6.92 Å². The molecule has 84 valence electrons. The van der Waals surface area contributed by atoms with Crippen molar-refractivity contribution in [3.63, 3.8) is 0 Å². The molecule has 0 aromatic carbocycles. The molecule has 0 unspecified atom stereocenters. The largest absolute Gasteiger partial charge is 0.480 e. The number of hydrogen-bond donors (Lipinski definition) is 1. The number of ether oxygens (including phenoxy) is 1. The lowest BCUT2D eigenvalue weighted by atomic mass is 10.0. The molecule has 14 heavy (non-hydrogen) atoms. The van der Waals surface area contributed by atoms with E-state index in [0.29, 0.717) is 6.61 Å². The summed E-state index contributed by atoms with van der Waals surface area (Å²) >= 11 is 0. The minimum Gasteiger partial charge on any atom is -0.480 e. The van der Waals surface area contributed by atoms with Gasteiger partial charge in [0.1, 0.15) is 5.54 Å². The Balaban J connectivity index is 4.18. The molecule has 0 aliphatic heterocycles. The summed E-state index contributed by atoms with van der Waals surface area (Å²) in [6.07, 6.45) is 0.862. The summed E-state index contributed by atoms with van der Waals surface area (Å²) in [5.74, 6) is -0.781. The Morgan fingerprint density at radius 1 is 1.50 bits per heavy atom. The quantitative estimate of drug-likeness (QED) is 0.632. The SMILES string of the molecule is CCN(CCCOC)C(C)(C)C(=O)O. The number of nitrogens with zero attached hydrogens (tertiary/aromatic N) is 1. The molecule has 1 N–H and O–H groups in total. The smallest absolute Gasteiger partial charge is 0.323 e. The first-order valence-electron chi connectivity index (χ1n) is 4.94. The van der Waals surface area contributed by atoms with Crippen LogP contribution in [0, 0.1) is 0 Å². The number of rotatable bonds is 7. The molecular formula is C10H21NO3. The molecule has 0 saturated carbocycles. The van der Waals surface area contributed by atoms with Crippen LogP contribution in [0.2, 0.25) is 0 Å². The fraction of sp³-hybridized carbons (Fsp3) is 0.900. The summed E-state index contributed by atoms with van der Waals surface area (Å²) in [5.41, 5.74) is -0.789. The van der Waals surface area contributed by atoms with Crippen molar-refractivity contribution < 1.29 is 14.6 Å². The molecule has 0 aliphatic rings. The van der Waals surface area contributed by atoms with E-state index in [-0.39, 0.29) is 0 Å². The van der Waals surface area contributed by atoms with Crippen molar-refractivity contribution in [1.82, 2.24) is 4.90 Å². The summed E-state index contributed by atoms with van der Waals surface area (Å²) in [4.78, 5) is 12.9. The van der Waals surface area contributed by atoms with Crippen LogP contribution in [0.15, 0.2) is 0 Å². The van der Waals surface area contributed by atoms with Crippen molar-refractivity contribution >= 4 is 5.97 Å². The number of methoxy groups -OCH3 is 1. The molecule has 4 nitrogen and oxygen atoms in total. The number of likely N-dealkylation sites (N-methyl/N-ethyl adjacent to an activating group) is 1. The normalized spacial score (nSPS) is 12.1. The van der Waals surface area contributed by atoms with Crippen LogP contribution in [-0.2, 0) is 9.53 Å². The van der Waals surface area contributed by atoms with Crippen molar-refractivity contribution in [2.24, 2.45) is 0 Å². The van der Waals surface area contributed by atoms with Gasteiger partial charge in [0, 0.05) is 20.3 Å². The van der Waals surface area contributed by atoms with E-state index in [1.54, 1.807) is 21.0 Å². The van der Waals surface area contributed by atoms with Gasteiger partial charge in [-0.05, 0) is 26.8 Å². The van der Waals surface area contributed by atoms with Crippen LogP contribution < -0.4 is 0 Å². The van der Waals surface area contributed by atoms with Crippen LogP contribution in [0.25, 0.3) is 0 Å². The summed E-state index contributed by atoms with van der Waals surface area (Å²) in [6, 6.07) is 0. The van der Waals surface area contributed by atoms with Crippen molar-refractivity contribution in [3.05, 3.63) is 0 Å². The molecule has 0 aromatic heterocycles. The molecule has 0 spiro atoms. The molecular weight excluding hydrogens is 182 g/mol. The lowest BCUT2D eigenvalue weighted by Gasteiger charge is -2.34. The second-order valence-corrected chi connectivity index (χ2v) is 3.79. The molecule has 4 heteroatoms. The first-order valence-corrected chi connectivity index (χ1v) is 4.94. The molecule has 0 heterocycles. The van der Waals surface area contributed by atoms with E-state index in [4.69, 9.17) is 9.84 Å². The second kappa shape index (κ2) is 5.98. The van der Waals surface area contributed by atoms with Gasteiger partial charge in [0.2, 0.25) is 0 Å². The van der Waals surface area contributed by atoms with Crippen molar-refractivity contribution in [2.45, 2.75) is 32.7 Å². The van der Waals surface area contributed by atoms with Gasteiger partial charge in [0.05, 0.1) is 0 Å². The van der Waals surface area contributed by atoms with Crippen LogP contribution in [0.5, 0.6) is 0 Å². The first-order chi connectivity index (χ1) is 6.46. The topological polar surface area (TPSA) is 49.8 Å². The maximum absolute atomic E-state index is 11.0. The van der Waals surface area contributed by atoms with E-state index in [9.17, 15) is 4.79 Å². The third kappa shape index (κ3) is 3.64. The second-order valence-electron chi connectivity index (χ2n) is 3.79. The highest BCUT2D eigenvalue weighted by atomic mass is 16.5. The highest BCUT2D eigenvalue weighted by molar-refractivity contribution is 5.77. The molecule has 0 rings (SSSR count). The Bertz CT molecular complexity index is 180. The number of carbonyl (C=O) groups is 1. The van der Waals surface area contributed by atoms with Gasteiger partial charge in [-0.15, -0.1) is 0 Å². The summed E-state index contributed by atoms with van der Waals surface area (Å²) in [5, 5.41) is 9.03. The van der Waals surface area contributed by atoms with E-state index in [1.165, 1.54) is 0 Å². The van der Waals surface area contributed by atoms with E-state index in [0.717, 1.165) is 19.5 Å². The van der Waals surface area contributed by atoms with Gasteiger partial charge >= 0.3 is 5.97 Å². The minimum absolute atomic E-state index is 0.673. The van der Waals surface area contributed by atoms with Crippen molar-refractivity contribution in [3.8, 4) is 0 Å². The predicted octanol–water partition coefficient (Wildman–Crippen LogP) is 1.21. The third-order valence-corrected chi connectivity index (χ3v) is 2.47. The minimum atomic E-state index is -0.789. The zero-order chi connectivity index (χ0) is 11.2. The van der Waals surface area contributed by atoms with E-state index < -0.39 is 11.5 Å². The van der Waals surface area contributed by atoms with Gasteiger partial charge in [0.15, 0.2) is 0 Å². The van der Waals surface area contributed by atoms with Crippen LogP contribution in [0.3, 0.4) is 0 Å². The zero-order valence-electron chi connectivity index (χ0n) is 9.54. The maximum Gasteiger partial charge on any atom is 0.323 e. The van der Waals surface area contributed by atoms with Crippen LogP contribution in [0.4, 0.5) is 0 Å². The fourth-order valence-corrected chi connectivity index (χ4v) is 1.37. The third-order valence-electron chi connectivity index (χ3n) is 2.47. The number of carboxylic acids is 1. The van der Waals surface area contributed by atoms with Gasteiger partial charge in [-0.3, -0.25) is 9.69 Å². The first kappa shape index (κ1) is 13.4. The standard InChI is InChI=1S/C10H21NO3/c1-5-11(7-6-8-14-4)10(2,3)9(12)13/h5-8H2,1-4H3,(H,12,13). The van der Waals surface area contributed by atoms with Crippen molar-refractivity contribution in [2.75, 3.05) is 26.8 Å². The van der Waals surface area contributed by atoms with Crippen molar-refractivity contribution in [1.29, 1.82) is 0 Å².